The fraction of sp³-hybridized carbons (Fsp3) is 0.333. The maximum atomic E-state index is 12.7. The lowest BCUT2D eigenvalue weighted by Crippen LogP contribution is -2.31. The normalized spacial score (nSPS) is 17.8. The zero-order valence-corrected chi connectivity index (χ0v) is 14.6. The van der Waals surface area contributed by atoms with E-state index in [-0.39, 0.29) is 35.7 Å². The van der Waals surface area contributed by atoms with E-state index in [4.69, 9.17) is 9.47 Å². The average Bonchev–Trinajstić information content (AvgIpc) is 3.12. The van der Waals surface area contributed by atoms with E-state index in [1.54, 1.807) is 12.1 Å². The lowest BCUT2D eigenvalue weighted by atomic mass is 10.3. The maximum Gasteiger partial charge on any atom is 0.270 e. The molecule has 138 valence electrons. The van der Waals surface area contributed by atoms with Gasteiger partial charge in [-0.25, -0.2) is 8.42 Å². The number of nitro groups is 1. The van der Waals surface area contributed by atoms with E-state index in [9.17, 15) is 18.5 Å². The van der Waals surface area contributed by atoms with Gasteiger partial charge < -0.3 is 9.47 Å². The van der Waals surface area contributed by atoms with E-state index in [0.29, 0.717) is 12.3 Å². The van der Waals surface area contributed by atoms with Crippen molar-refractivity contribution in [1.82, 2.24) is 14.5 Å². The molecule has 1 fully saturated rings. The molecule has 0 N–H and O–H groups in total. The lowest BCUT2D eigenvalue weighted by Gasteiger charge is -2.17. The number of nitrogens with zero attached hydrogens (tertiary/aromatic N) is 4. The third-order valence-electron chi connectivity index (χ3n) is 3.89. The number of benzene rings is 1. The van der Waals surface area contributed by atoms with Crippen LogP contribution in [0.25, 0.3) is 0 Å². The Bertz CT molecular complexity index is 903. The van der Waals surface area contributed by atoms with Gasteiger partial charge in [0.15, 0.2) is 0 Å². The van der Waals surface area contributed by atoms with Crippen LogP contribution in [0.15, 0.2) is 41.3 Å². The number of hydrogen-bond acceptors (Lipinski definition) is 8. The fourth-order valence-electron chi connectivity index (χ4n) is 2.57. The molecule has 1 aromatic heterocycles. The first kappa shape index (κ1) is 18.0. The number of sulfonamides is 1. The van der Waals surface area contributed by atoms with Crippen LogP contribution in [0.3, 0.4) is 0 Å². The molecule has 0 aliphatic carbocycles. The molecule has 1 atom stereocenters. The van der Waals surface area contributed by atoms with Crippen molar-refractivity contribution in [2.24, 2.45) is 0 Å². The Balaban J connectivity index is 1.70. The predicted octanol–water partition coefficient (Wildman–Crippen LogP) is 1.24. The van der Waals surface area contributed by atoms with Gasteiger partial charge in [0, 0.05) is 30.8 Å². The van der Waals surface area contributed by atoms with Crippen molar-refractivity contribution in [3.05, 3.63) is 46.5 Å². The van der Waals surface area contributed by atoms with Crippen molar-refractivity contribution in [2.75, 3.05) is 20.2 Å². The van der Waals surface area contributed by atoms with E-state index in [0.717, 1.165) is 6.07 Å². The van der Waals surface area contributed by atoms with Gasteiger partial charge in [0.25, 0.3) is 5.69 Å². The molecule has 1 aliphatic rings. The van der Waals surface area contributed by atoms with Gasteiger partial charge in [-0.3, -0.25) is 10.1 Å². The van der Waals surface area contributed by atoms with Crippen LogP contribution in [0, 0.1) is 10.1 Å². The first-order valence-corrected chi connectivity index (χ1v) is 9.13. The zero-order valence-electron chi connectivity index (χ0n) is 13.8. The van der Waals surface area contributed by atoms with Crippen LogP contribution < -0.4 is 9.47 Å². The molecular formula is C15H16N4O6S. The molecule has 10 nitrogen and oxygen atoms in total. The van der Waals surface area contributed by atoms with Gasteiger partial charge >= 0.3 is 0 Å². The summed E-state index contributed by atoms with van der Waals surface area (Å²) in [5.41, 5.74) is -0.272. The Hall–Kier alpha value is -2.79. The summed E-state index contributed by atoms with van der Waals surface area (Å²) in [6.45, 7) is 0.373. The van der Waals surface area contributed by atoms with Crippen molar-refractivity contribution in [3.63, 3.8) is 0 Å². The Kier molecular flexibility index (Phi) is 5.00. The maximum absolute atomic E-state index is 12.7. The number of hydrogen-bond donors (Lipinski definition) is 0. The number of non-ortho nitro benzene ring substituents is 1. The van der Waals surface area contributed by atoms with Gasteiger partial charge in [0.2, 0.25) is 21.8 Å². The zero-order chi connectivity index (χ0) is 18.7. The molecular weight excluding hydrogens is 364 g/mol. The largest absolute Gasteiger partial charge is 0.480 e. The fourth-order valence-corrected chi connectivity index (χ4v) is 4.10. The number of ether oxygens (including phenoxy) is 2. The smallest absolute Gasteiger partial charge is 0.270 e. The van der Waals surface area contributed by atoms with Crippen LogP contribution in [0.1, 0.15) is 6.42 Å². The van der Waals surface area contributed by atoms with Gasteiger partial charge in [-0.15, -0.1) is 10.2 Å². The molecule has 11 heteroatoms. The number of rotatable bonds is 6. The topological polar surface area (TPSA) is 125 Å². The Morgan fingerprint density at radius 2 is 1.96 bits per heavy atom. The summed E-state index contributed by atoms with van der Waals surface area (Å²) in [5, 5.41) is 18.5. The minimum Gasteiger partial charge on any atom is -0.480 e. The Morgan fingerprint density at radius 3 is 2.62 bits per heavy atom. The number of methoxy groups -OCH3 is 1. The van der Waals surface area contributed by atoms with Crippen LogP contribution in [-0.4, -0.2) is 54.1 Å². The number of aromatic nitrogens is 2. The lowest BCUT2D eigenvalue weighted by molar-refractivity contribution is -0.385. The van der Waals surface area contributed by atoms with Crippen molar-refractivity contribution in [1.29, 1.82) is 0 Å². The molecule has 0 spiro atoms. The summed E-state index contributed by atoms with van der Waals surface area (Å²) < 4.78 is 37.2. The summed E-state index contributed by atoms with van der Waals surface area (Å²) in [4.78, 5) is 10.1. The molecule has 0 bridgehead atoms. The third-order valence-corrected chi connectivity index (χ3v) is 5.75. The molecule has 0 saturated carbocycles. The second-order valence-electron chi connectivity index (χ2n) is 5.56. The highest BCUT2D eigenvalue weighted by Crippen LogP contribution is 2.25. The van der Waals surface area contributed by atoms with Crippen LogP contribution in [0.4, 0.5) is 5.69 Å². The third kappa shape index (κ3) is 3.73. The highest BCUT2D eigenvalue weighted by Gasteiger charge is 2.34. The summed E-state index contributed by atoms with van der Waals surface area (Å²) in [6.07, 6.45) is 0.0909. The SMILES string of the molecule is COc1ccc(OC2CCN(S(=O)(=O)c3cccc([N+](=O)[O-])c3)C2)nn1. The molecule has 1 aromatic carbocycles. The summed E-state index contributed by atoms with van der Waals surface area (Å²) in [7, 11) is -2.37. The van der Waals surface area contributed by atoms with E-state index < -0.39 is 14.9 Å². The van der Waals surface area contributed by atoms with E-state index >= 15 is 0 Å². The first-order chi connectivity index (χ1) is 12.4. The second-order valence-corrected chi connectivity index (χ2v) is 7.50. The molecule has 3 rings (SSSR count). The molecule has 1 aliphatic heterocycles. The predicted molar refractivity (Wildman–Crippen MR) is 89.5 cm³/mol. The van der Waals surface area contributed by atoms with Crippen molar-refractivity contribution in [3.8, 4) is 11.8 Å². The van der Waals surface area contributed by atoms with Gasteiger partial charge in [-0.05, 0) is 12.5 Å². The van der Waals surface area contributed by atoms with Gasteiger partial charge in [0.05, 0.1) is 23.5 Å². The van der Waals surface area contributed by atoms with Gasteiger partial charge in [0.1, 0.15) is 6.10 Å². The molecule has 0 amide bonds. The summed E-state index contributed by atoms with van der Waals surface area (Å²) >= 11 is 0. The van der Waals surface area contributed by atoms with Crippen LogP contribution in [-0.2, 0) is 10.0 Å². The van der Waals surface area contributed by atoms with Crippen molar-refractivity contribution < 1.29 is 22.8 Å². The second kappa shape index (κ2) is 7.22. The van der Waals surface area contributed by atoms with Crippen molar-refractivity contribution >= 4 is 15.7 Å². The van der Waals surface area contributed by atoms with Crippen LogP contribution in [0.5, 0.6) is 11.8 Å². The number of nitro benzene ring substituents is 1. The van der Waals surface area contributed by atoms with Gasteiger partial charge in [-0.2, -0.15) is 4.31 Å². The standard InChI is InChI=1S/C15H16N4O6S/c1-24-14-5-6-15(17-16-14)25-12-7-8-18(10-12)26(22,23)13-4-2-3-11(9-13)19(20)21/h2-6,9,12H,7-8,10H2,1H3. The molecule has 1 unspecified atom stereocenters. The minimum atomic E-state index is -3.84. The Morgan fingerprint density at radius 1 is 1.23 bits per heavy atom. The van der Waals surface area contributed by atoms with Crippen molar-refractivity contribution in [2.45, 2.75) is 17.4 Å². The molecule has 2 aromatic rings. The van der Waals surface area contributed by atoms with Crippen LogP contribution in [0.2, 0.25) is 0 Å². The monoisotopic (exact) mass is 380 g/mol. The molecule has 26 heavy (non-hydrogen) atoms. The first-order valence-electron chi connectivity index (χ1n) is 7.69. The van der Waals surface area contributed by atoms with E-state index in [1.165, 1.54) is 29.6 Å². The molecule has 2 heterocycles. The summed E-state index contributed by atoms with van der Waals surface area (Å²) in [5.74, 6) is 0.615. The minimum absolute atomic E-state index is 0.114. The van der Waals surface area contributed by atoms with E-state index in [2.05, 4.69) is 10.2 Å². The quantitative estimate of drug-likeness (QED) is 0.541. The Labute approximate surface area is 149 Å². The van der Waals surface area contributed by atoms with Crippen LogP contribution >= 0.6 is 0 Å². The average molecular weight is 380 g/mol. The molecule has 0 radical (unpaired) electrons. The highest BCUT2D eigenvalue weighted by molar-refractivity contribution is 7.89. The van der Waals surface area contributed by atoms with Gasteiger partial charge in [-0.1, -0.05) is 6.07 Å². The molecule has 1 saturated heterocycles. The van der Waals surface area contributed by atoms with E-state index in [1.807, 2.05) is 0 Å². The highest BCUT2D eigenvalue weighted by atomic mass is 32.2. The summed E-state index contributed by atoms with van der Waals surface area (Å²) in [6, 6.07) is 8.17.